The van der Waals surface area contributed by atoms with Gasteiger partial charge in [-0.3, -0.25) is 0 Å². The molecule has 0 saturated carbocycles. The lowest BCUT2D eigenvalue weighted by molar-refractivity contribution is 0.253. The molecule has 3 rings (SSSR count). The van der Waals surface area contributed by atoms with Gasteiger partial charge < -0.3 is 9.15 Å². The molecule has 0 aliphatic carbocycles. The van der Waals surface area contributed by atoms with E-state index < -0.39 is 5.82 Å². The summed E-state index contributed by atoms with van der Waals surface area (Å²) in [5.41, 5.74) is 0.748. The Balaban J connectivity index is 1.70. The Morgan fingerprint density at radius 3 is 2.64 bits per heavy atom. The van der Waals surface area contributed by atoms with Gasteiger partial charge in [0.25, 0.3) is 5.89 Å². The smallest absolute Gasteiger partial charge is 0.254 e. The van der Waals surface area contributed by atoms with Crippen LogP contribution in [0.3, 0.4) is 0 Å². The van der Waals surface area contributed by atoms with Crippen molar-refractivity contribution in [1.82, 2.24) is 10.2 Å². The zero-order valence-electron chi connectivity index (χ0n) is 11.1. The Morgan fingerprint density at radius 2 is 1.91 bits per heavy atom. The average Bonchev–Trinajstić information content (AvgIpc) is 2.96. The third kappa shape index (κ3) is 3.45. The first kappa shape index (κ1) is 15.0. The summed E-state index contributed by atoms with van der Waals surface area (Å²) in [5.74, 6) is 0.264. The third-order valence-corrected chi connectivity index (χ3v) is 3.55. The number of ether oxygens (including phenoxy) is 1. The van der Waals surface area contributed by atoms with Crippen molar-refractivity contribution in [2.75, 3.05) is 0 Å². The highest BCUT2D eigenvalue weighted by Crippen LogP contribution is 2.23. The van der Waals surface area contributed by atoms with Gasteiger partial charge in [0.2, 0.25) is 5.89 Å². The number of hydrogen-bond donors (Lipinski definition) is 0. The summed E-state index contributed by atoms with van der Waals surface area (Å²) >= 11 is 9.00. The summed E-state index contributed by atoms with van der Waals surface area (Å²) < 4.78 is 25.1. The van der Waals surface area contributed by atoms with Crippen molar-refractivity contribution in [1.29, 1.82) is 0 Å². The zero-order valence-corrected chi connectivity index (χ0v) is 13.4. The van der Waals surface area contributed by atoms with E-state index in [2.05, 4.69) is 26.1 Å². The van der Waals surface area contributed by atoms with E-state index in [1.54, 1.807) is 30.3 Å². The molecule has 0 spiro atoms. The molecule has 0 aliphatic heterocycles. The minimum Gasteiger partial charge on any atom is -0.481 e. The summed E-state index contributed by atoms with van der Waals surface area (Å²) in [6.45, 7) is -0.0147. The molecule has 0 unspecified atom stereocenters. The fraction of sp³-hybridized carbons (Fsp3) is 0.0667. The molecule has 0 N–H and O–H groups in total. The van der Waals surface area contributed by atoms with Crippen LogP contribution in [0.15, 0.2) is 51.4 Å². The van der Waals surface area contributed by atoms with Crippen LogP contribution in [0.25, 0.3) is 11.5 Å². The molecule has 0 fully saturated rings. The lowest BCUT2D eigenvalue weighted by atomic mass is 10.2. The second-order valence-corrected chi connectivity index (χ2v) is 5.72. The minimum absolute atomic E-state index is 0.0147. The van der Waals surface area contributed by atoms with E-state index in [1.165, 1.54) is 12.1 Å². The number of halogens is 3. The van der Waals surface area contributed by atoms with Gasteiger partial charge in [-0.1, -0.05) is 27.5 Å². The fourth-order valence-corrected chi connectivity index (χ4v) is 2.21. The number of benzene rings is 2. The molecule has 0 saturated heterocycles. The molecule has 7 heteroatoms. The number of rotatable bonds is 4. The average molecular weight is 384 g/mol. The minimum atomic E-state index is -0.466. The van der Waals surface area contributed by atoms with Gasteiger partial charge in [0.1, 0.15) is 0 Å². The van der Waals surface area contributed by atoms with Crippen molar-refractivity contribution < 1.29 is 13.5 Å². The Hall–Kier alpha value is -1.92. The maximum atomic E-state index is 13.6. The van der Waals surface area contributed by atoms with Crippen LogP contribution in [0.4, 0.5) is 4.39 Å². The predicted octanol–water partition coefficient (Wildman–Crippen LogP) is 4.87. The van der Waals surface area contributed by atoms with Crippen molar-refractivity contribution in [3.63, 3.8) is 0 Å². The van der Waals surface area contributed by atoms with Crippen LogP contribution >= 0.6 is 27.5 Å². The Labute approximate surface area is 139 Å². The molecule has 2 aromatic carbocycles. The summed E-state index contributed by atoms with van der Waals surface area (Å²) in [4.78, 5) is 0. The number of aromatic nitrogens is 2. The van der Waals surface area contributed by atoms with Crippen molar-refractivity contribution in [2.24, 2.45) is 0 Å². The normalized spacial score (nSPS) is 10.7. The summed E-state index contributed by atoms with van der Waals surface area (Å²) in [6, 6.07) is 11.5. The van der Waals surface area contributed by atoms with E-state index in [4.69, 9.17) is 20.8 Å². The maximum Gasteiger partial charge on any atom is 0.254 e. The van der Waals surface area contributed by atoms with E-state index in [1.807, 2.05) is 0 Å². The van der Waals surface area contributed by atoms with Gasteiger partial charge in [0, 0.05) is 15.1 Å². The molecule has 0 atom stereocenters. The molecule has 22 heavy (non-hydrogen) atoms. The van der Waals surface area contributed by atoms with Crippen LogP contribution in [-0.2, 0) is 6.61 Å². The van der Waals surface area contributed by atoms with Gasteiger partial charge in [-0.25, -0.2) is 4.39 Å². The molecule has 3 aromatic rings. The van der Waals surface area contributed by atoms with Crippen LogP contribution in [0, 0.1) is 5.82 Å². The molecule has 0 amide bonds. The van der Waals surface area contributed by atoms with Gasteiger partial charge in [-0.05, 0) is 42.5 Å². The summed E-state index contributed by atoms with van der Waals surface area (Å²) in [6.07, 6.45) is 0. The van der Waals surface area contributed by atoms with E-state index in [0.717, 1.165) is 5.56 Å². The van der Waals surface area contributed by atoms with Gasteiger partial charge in [0.15, 0.2) is 18.2 Å². The zero-order chi connectivity index (χ0) is 15.5. The molecule has 4 nitrogen and oxygen atoms in total. The predicted molar refractivity (Wildman–Crippen MR) is 83.2 cm³/mol. The van der Waals surface area contributed by atoms with Gasteiger partial charge in [-0.15, -0.1) is 10.2 Å². The Morgan fingerprint density at radius 1 is 1.14 bits per heavy atom. The number of hydrogen-bond acceptors (Lipinski definition) is 4. The number of nitrogens with zero attached hydrogens (tertiary/aromatic N) is 2. The van der Waals surface area contributed by atoms with Crippen LogP contribution in [0.5, 0.6) is 5.75 Å². The monoisotopic (exact) mass is 382 g/mol. The summed E-state index contributed by atoms with van der Waals surface area (Å²) in [7, 11) is 0. The van der Waals surface area contributed by atoms with Crippen molar-refractivity contribution in [2.45, 2.75) is 6.61 Å². The van der Waals surface area contributed by atoms with Crippen LogP contribution in [0.1, 0.15) is 5.89 Å². The van der Waals surface area contributed by atoms with Crippen LogP contribution in [0.2, 0.25) is 5.02 Å². The maximum absolute atomic E-state index is 13.6. The molecule has 0 radical (unpaired) electrons. The Bertz CT molecular complexity index is 792. The third-order valence-electron chi connectivity index (χ3n) is 2.80. The Kier molecular flexibility index (Phi) is 4.40. The van der Waals surface area contributed by atoms with Crippen LogP contribution < -0.4 is 4.74 Å². The summed E-state index contributed by atoms with van der Waals surface area (Å²) in [5, 5.41) is 8.42. The first-order chi connectivity index (χ1) is 10.6. The van der Waals surface area contributed by atoms with E-state index >= 15 is 0 Å². The molecule has 112 valence electrons. The topological polar surface area (TPSA) is 48.2 Å². The molecule has 1 heterocycles. The largest absolute Gasteiger partial charge is 0.481 e. The van der Waals surface area contributed by atoms with E-state index in [0.29, 0.717) is 15.4 Å². The molecular formula is C15H9BrClFN2O2. The second kappa shape index (κ2) is 6.46. The lowest BCUT2D eigenvalue weighted by Gasteiger charge is -2.04. The van der Waals surface area contributed by atoms with Crippen molar-refractivity contribution in [3.05, 3.63) is 63.7 Å². The van der Waals surface area contributed by atoms with Crippen molar-refractivity contribution in [3.8, 4) is 17.2 Å². The first-order valence-electron chi connectivity index (χ1n) is 6.28. The standard InChI is InChI=1S/C15H9BrClFN2O2/c16-10-3-6-13(12(18)7-10)21-8-14-19-20-15(22-14)9-1-4-11(17)5-2-9/h1-7H,8H2. The van der Waals surface area contributed by atoms with E-state index in [9.17, 15) is 4.39 Å². The van der Waals surface area contributed by atoms with Gasteiger partial charge in [-0.2, -0.15) is 0 Å². The molecular weight excluding hydrogens is 375 g/mol. The SMILES string of the molecule is Fc1cc(Br)ccc1OCc1nnc(-c2ccc(Cl)cc2)o1. The van der Waals surface area contributed by atoms with Gasteiger partial charge >= 0.3 is 0 Å². The van der Waals surface area contributed by atoms with Crippen LogP contribution in [-0.4, -0.2) is 10.2 Å². The molecule has 0 bridgehead atoms. The second-order valence-electron chi connectivity index (χ2n) is 4.37. The van der Waals surface area contributed by atoms with E-state index in [-0.39, 0.29) is 18.2 Å². The van der Waals surface area contributed by atoms with Crippen molar-refractivity contribution >= 4 is 27.5 Å². The van der Waals surface area contributed by atoms with Gasteiger partial charge in [0.05, 0.1) is 0 Å². The first-order valence-corrected chi connectivity index (χ1v) is 7.45. The molecule has 0 aliphatic rings. The molecule has 1 aromatic heterocycles. The fourth-order valence-electron chi connectivity index (χ4n) is 1.75. The lowest BCUT2D eigenvalue weighted by Crippen LogP contribution is -1.97. The highest BCUT2D eigenvalue weighted by Gasteiger charge is 2.10. The highest BCUT2D eigenvalue weighted by molar-refractivity contribution is 9.10. The highest BCUT2D eigenvalue weighted by atomic mass is 79.9. The quantitative estimate of drug-likeness (QED) is 0.645.